The minimum atomic E-state index is -1.64. The van der Waals surface area contributed by atoms with Crippen molar-refractivity contribution in [2.24, 2.45) is 0 Å². The molecule has 0 atom stereocenters. The van der Waals surface area contributed by atoms with Crippen LogP contribution in [0.15, 0.2) is 36.7 Å². The van der Waals surface area contributed by atoms with Crippen LogP contribution in [0, 0.1) is 0 Å². The molecule has 1 aromatic heterocycles. The largest absolute Gasteiger partial charge is 0.250 e. The van der Waals surface area contributed by atoms with E-state index in [9.17, 15) is 0 Å². The molecule has 2 aromatic rings. The number of aromatic nitrogens is 3. The number of rotatable bonds is 2. The van der Waals surface area contributed by atoms with Crippen LogP contribution in [0.3, 0.4) is 0 Å². The summed E-state index contributed by atoms with van der Waals surface area (Å²) < 4.78 is -1.64. The van der Waals surface area contributed by atoms with Gasteiger partial charge in [0, 0.05) is 0 Å². The fraction of sp³-hybridized carbons (Fsp3) is 0.0833. The molecule has 0 radical (unpaired) electrons. The summed E-state index contributed by atoms with van der Waals surface area (Å²) in [4.78, 5) is 11.9. The van der Waals surface area contributed by atoms with Crippen LogP contribution in [0.4, 0.5) is 0 Å². The van der Waals surface area contributed by atoms with E-state index in [2.05, 4.69) is 15.0 Å². The van der Waals surface area contributed by atoms with Crippen LogP contribution >= 0.6 is 34.8 Å². The van der Waals surface area contributed by atoms with Crippen LogP contribution in [-0.4, -0.2) is 15.0 Å². The minimum Gasteiger partial charge on any atom is -0.217 e. The number of benzene rings is 1. The highest BCUT2D eigenvalue weighted by Crippen LogP contribution is 2.35. The van der Waals surface area contributed by atoms with Crippen molar-refractivity contribution in [3.05, 3.63) is 53.9 Å². The number of alkyl halides is 3. The van der Waals surface area contributed by atoms with Gasteiger partial charge >= 0.3 is 0 Å². The summed E-state index contributed by atoms with van der Waals surface area (Å²) in [7, 11) is 0. The Kier molecular flexibility index (Phi) is 4.17. The monoisotopic (exact) mass is 299 g/mol. The van der Waals surface area contributed by atoms with Gasteiger partial charge in [0.1, 0.15) is 6.33 Å². The Morgan fingerprint density at radius 1 is 0.944 bits per heavy atom. The average Bonchev–Trinajstić information content (AvgIpc) is 2.37. The highest BCUT2D eigenvalue weighted by Gasteiger charge is 2.26. The molecule has 0 bridgehead atoms. The van der Waals surface area contributed by atoms with Crippen LogP contribution in [0.5, 0.6) is 0 Å². The van der Waals surface area contributed by atoms with E-state index < -0.39 is 3.79 Å². The van der Waals surface area contributed by atoms with Gasteiger partial charge in [0.2, 0.25) is 3.79 Å². The lowest BCUT2D eigenvalue weighted by Gasteiger charge is -2.07. The maximum absolute atomic E-state index is 5.70. The smallest absolute Gasteiger partial charge is 0.217 e. The molecule has 0 aliphatic heterocycles. The maximum Gasteiger partial charge on any atom is 0.250 e. The second-order valence-corrected chi connectivity index (χ2v) is 5.69. The normalized spacial score (nSPS) is 11.9. The molecule has 0 saturated heterocycles. The van der Waals surface area contributed by atoms with Gasteiger partial charge in [0.05, 0.1) is 0 Å². The van der Waals surface area contributed by atoms with Gasteiger partial charge in [0.25, 0.3) is 0 Å². The Morgan fingerprint density at radius 2 is 1.67 bits per heavy atom. The summed E-state index contributed by atoms with van der Waals surface area (Å²) in [5.74, 6) is 0.547. The number of nitrogens with zero attached hydrogens (tertiary/aromatic N) is 3. The quantitative estimate of drug-likeness (QED) is 0.790. The van der Waals surface area contributed by atoms with Gasteiger partial charge < -0.3 is 0 Å². The fourth-order valence-electron chi connectivity index (χ4n) is 1.26. The summed E-state index contributed by atoms with van der Waals surface area (Å²) >= 11 is 17.1. The Morgan fingerprint density at radius 3 is 2.33 bits per heavy atom. The first kappa shape index (κ1) is 13.3. The third-order valence-corrected chi connectivity index (χ3v) is 2.58. The van der Waals surface area contributed by atoms with E-state index in [1.807, 2.05) is 36.4 Å². The highest BCUT2D eigenvalue weighted by atomic mass is 35.6. The van der Waals surface area contributed by atoms with E-state index in [4.69, 9.17) is 34.8 Å². The molecule has 0 saturated carbocycles. The average molecular weight is 301 g/mol. The molecular weight excluding hydrogens is 293 g/mol. The summed E-state index contributed by atoms with van der Waals surface area (Å²) in [5.41, 5.74) is 1.04. The molecule has 0 spiro atoms. The van der Waals surface area contributed by atoms with Gasteiger partial charge in [0.15, 0.2) is 11.6 Å². The third-order valence-electron chi connectivity index (χ3n) is 2.07. The van der Waals surface area contributed by atoms with Crippen LogP contribution in [0.1, 0.15) is 17.2 Å². The molecule has 0 aliphatic rings. The van der Waals surface area contributed by atoms with Crippen molar-refractivity contribution >= 4 is 47.0 Å². The van der Waals surface area contributed by atoms with E-state index in [1.54, 1.807) is 6.08 Å². The van der Waals surface area contributed by atoms with E-state index in [0.717, 1.165) is 5.56 Å². The predicted molar refractivity (Wildman–Crippen MR) is 74.4 cm³/mol. The van der Waals surface area contributed by atoms with Crippen molar-refractivity contribution < 1.29 is 0 Å². The Labute approximate surface area is 119 Å². The van der Waals surface area contributed by atoms with Crippen LogP contribution in [-0.2, 0) is 3.79 Å². The second kappa shape index (κ2) is 5.65. The SMILES string of the molecule is ClC(Cl)(Cl)c1ncnc(/C=C/c2ccccc2)n1. The van der Waals surface area contributed by atoms with Crippen molar-refractivity contribution in [1.82, 2.24) is 15.0 Å². The molecule has 1 aromatic carbocycles. The molecular formula is C12H8Cl3N3. The number of halogens is 3. The van der Waals surface area contributed by atoms with Gasteiger partial charge in [-0.15, -0.1) is 0 Å². The molecule has 3 nitrogen and oxygen atoms in total. The zero-order valence-corrected chi connectivity index (χ0v) is 11.4. The first-order valence-electron chi connectivity index (χ1n) is 5.05. The third kappa shape index (κ3) is 3.67. The molecule has 0 unspecified atom stereocenters. The van der Waals surface area contributed by atoms with E-state index in [-0.39, 0.29) is 5.82 Å². The summed E-state index contributed by atoms with van der Waals surface area (Å²) in [6.07, 6.45) is 4.92. The highest BCUT2D eigenvalue weighted by molar-refractivity contribution is 6.66. The molecule has 1 heterocycles. The van der Waals surface area contributed by atoms with Crippen molar-refractivity contribution in [3.8, 4) is 0 Å². The van der Waals surface area contributed by atoms with Crippen LogP contribution < -0.4 is 0 Å². The number of hydrogen-bond acceptors (Lipinski definition) is 3. The topological polar surface area (TPSA) is 38.7 Å². The molecule has 0 fully saturated rings. The summed E-state index contributed by atoms with van der Waals surface area (Å²) in [5, 5.41) is 0. The van der Waals surface area contributed by atoms with Crippen LogP contribution in [0.2, 0.25) is 0 Å². The number of hydrogen-bond donors (Lipinski definition) is 0. The van der Waals surface area contributed by atoms with Gasteiger partial charge in [-0.05, 0) is 11.6 Å². The van der Waals surface area contributed by atoms with Gasteiger partial charge in [-0.3, -0.25) is 0 Å². The second-order valence-electron chi connectivity index (χ2n) is 3.41. The molecule has 0 aliphatic carbocycles. The zero-order valence-electron chi connectivity index (χ0n) is 9.09. The molecule has 6 heteroatoms. The Hall–Kier alpha value is -1.16. The van der Waals surface area contributed by atoms with Gasteiger partial charge in [-0.25, -0.2) is 15.0 Å². The molecule has 0 N–H and O–H groups in total. The van der Waals surface area contributed by atoms with Crippen molar-refractivity contribution in [1.29, 1.82) is 0 Å². The fourth-order valence-corrected chi connectivity index (χ4v) is 1.53. The van der Waals surface area contributed by atoms with E-state index in [1.165, 1.54) is 6.33 Å². The van der Waals surface area contributed by atoms with Crippen molar-refractivity contribution in [3.63, 3.8) is 0 Å². The van der Waals surface area contributed by atoms with E-state index in [0.29, 0.717) is 5.82 Å². The van der Waals surface area contributed by atoms with E-state index >= 15 is 0 Å². The molecule has 2 rings (SSSR count). The maximum atomic E-state index is 5.70. The van der Waals surface area contributed by atoms with Crippen molar-refractivity contribution in [2.45, 2.75) is 3.79 Å². The lowest BCUT2D eigenvalue weighted by Crippen LogP contribution is -2.08. The van der Waals surface area contributed by atoms with Gasteiger partial charge in [-0.1, -0.05) is 71.2 Å². The molecule has 92 valence electrons. The molecule has 18 heavy (non-hydrogen) atoms. The van der Waals surface area contributed by atoms with Crippen LogP contribution in [0.25, 0.3) is 12.2 Å². The Balaban J connectivity index is 2.23. The molecule has 0 amide bonds. The summed E-state index contributed by atoms with van der Waals surface area (Å²) in [6.45, 7) is 0. The Bertz CT molecular complexity index is 550. The van der Waals surface area contributed by atoms with Crippen molar-refractivity contribution in [2.75, 3.05) is 0 Å². The zero-order chi connectivity index (χ0) is 13.0. The standard InChI is InChI=1S/C12H8Cl3N3/c13-12(14,15)11-17-8-16-10(18-11)7-6-9-4-2-1-3-5-9/h1-8H/b7-6+. The predicted octanol–water partition coefficient (Wildman–Crippen LogP) is 3.87. The first-order chi connectivity index (χ1) is 8.55. The summed E-state index contributed by atoms with van der Waals surface area (Å²) in [6, 6.07) is 9.77. The lowest BCUT2D eigenvalue weighted by molar-refractivity contribution is 0.906. The first-order valence-corrected chi connectivity index (χ1v) is 6.18. The minimum absolute atomic E-state index is 0.107. The lowest BCUT2D eigenvalue weighted by atomic mass is 10.2. The van der Waals surface area contributed by atoms with Gasteiger partial charge in [-0.2, -0.15) is 0 Å².